The Kier molecular flexibility index (Phi) is 2.37. The maximum absolute atomic E-state index is 10.5. The second-order valence-electron chi connectivity index (χ2n) is 1.72. The molecule has 1 aromatic heterocycles. The van der Waals surface area contributed by atoms with Crippen LogP contribution in [0, 0.1) is 0 Å². The molecule has 2 N–H and O–H groups in total. The van der Waals surface area contributed by atoms with E-state index in [1.54, 1.807) is 0 Å². The third kappa shape index (κ3) is 1.87. The number of aromatic nitrogens is 2. The first kappa shape index (κ1) is 7.93. The third-order valence-corrected chi connectivity index (χ3v) is 1.73. The summed E-state index contributed by atoms with van der Waals surface area (Å²) in [6.45, 7) is 0. The van der Waals surface area contributed by atoms with Crippen LogP contribution in [0.1, 0.15) is 0 Å². The van der Waals surface area contributed by atoms with Crippen molar-refractivity contribution in [3.63, 3.8) is 0 Å². The quantitative estimate of drug-likeness (QED) is 0.702. The summed E-state index contributed by atoms with van der Waals surface area (Å²) in [6.07, 6.45) is 4.30. The molecule has 11 heavy (non-hydrogen) atoms. The van der Waals surface area contributed by atoms with Crippen LogP contribution in [0.25, 0.3) is 0 Å². The van der Waals surface area contributed by atoms with E-state index in [1.807, 2.05) is 0 Å². The number of nitrogens with two attached hydrogens (primary N) is 1. The predicted molar refractivity (Wildman–Crippen MR) is 43.0 cm³/mol. The monoisotopic (exact) mass is 216 g/mol. The van der Waals surface area contributed by atoms with E-state index in [0.717, 1.165) is 3.93 Å². The van der Waals surface area contributed by atoms with Crippen molar-refractivity contribution in [3.05, 3.63) is 18.7 Å². The molecule has 5 nitrogen and oxygen atoms in total. The molecule has 1 rings (SSSR count). The Hall–Kier alpha value is -1.17. The smallest absolute Gasteiger partial charge is 0.329 e. The topological polar surface area (TPSA) is 72.1 Å². The van der Waals surface area contributed by atoms with E-state index in [1.165, 1.54) is 18.7 Å². The zero-order chi connectivity index (χ0) is 8.27. The van der Waals surface area contributed by atoms with E-state index in [0.29, 0.717) is 5.69 Å². The number of carbonyl (C=O) groups excluding carboxylic acids is 1. The van der Waals surface area contributed by atoms with Gasteiger partial charge in [0.15, 0.2) is 0 Å². The van der Waals surface area contributed by atoms with Crippen LogP contribution in [0.15, 0.2) is 18.7 Å². The minimum absolute atomic E-state index is 0.500. The molecule has 1 aromatic rings. The second-order valence-corrected chi connectivity index (χ2v) is 2.43. The number of hydrogen-bond donors (Lipinski definition) is 1. The van der Waals surface area contributed by atoms with Crippen LogP contribution in [-0.2, 0) is 0 Å². The molecule has 6 heteroatoms. The Morgan fingerprint density at radius 3 is 2.55 bits per heavy atom. The fourth-order valence-electron chi connectivity index (χ4n) is 0.520. The number of anilines is 1. The van der Waals surface area contributed by atoms with Gasteiger partial charge in [0.2, 0.25) is 0 Å². The number of carbonyl (C=O) groups is 1. The molecule has 1 heterocycles. The van der Waals surface area contributed by atoms with Crippen LogP contribution in [-0.4, -0.2) is 16.0 Å². The van der Waals surface area contributed by atoms with Gasteiger partial charge in [-0.2, -0.15) is 0 Å². The summed E-state index contributed by atoms with van der Waals surface area (Å²) in [4.78, 5) is 17.9. The molecular weight excluding hydrogens is 212 g/mol. The Bertz CT molecular complexity index is 252. The van der Waals surface area contributed by atoms with Crippen LogP contribution in [0.3, 0.4) is 0 Å². The predicted octanol–water partition coefficient (Wildman–Crippen LogP) is 0.672. The third-order valence-electron chi connectivity index (χ3n) is 0.967. The molecule has 0 radical (unpaired) electrons. The lowest BCUT2D eigenvalue weighted by molar-refractivity contribution is 0.257. The van der Waals surface area contributed by atoms with E-state index in [-0.39, 0.29) is 0 Å². The number of urea groups is 1. The molecule has 0 aliphatic heterocycles. The molecule has 0 aliphatic rings. The Balaban J connectivity index is 2.85. The van der Waals surface area contributed by atoms with Crippen molar-refractivity contribution in [2.24, 2.45) is 5.73 Å². The van der Waals surface area contributed by atoms with Crippen molar-refractivity contribution in [3.8, 4) is 0 Å². The molecule has 0 unspecified atom stereocenters. The van der Waals surface area contributed by atoms with Gasteiger partial charge in [-0.15, -0.1) is 0 Å². The van der Waals surface area contributed by atoms with Gasteiger partial charge in [0, 0.05) is 0 Å². The average Bonchev–Trinajstić information content (AvgIpc) is 2.05. The van der Waals surface area contributed by atoms with Crippen molar-refractivity contribution in [2.75, 3.05) is 3.93 Å². The van der Waals surface area contributed by atoms with Gasteiger partial charge >= 0.3 is 6.03 Å². The molecule has 0 aliphatic carbocycles. The van der Waals surface area contributed by atoms with Crippen molar-refractivity contribution in [2.45, 2.75) is 0 Å². The summed E-state index contributed by atoms with van der Waals surface area (Å²) < 4.78 is 1.08. The highest BCUT2D eigenvalue weighted by Crippen LogP contribution is 2.13. The first-order valence-electron chi connectivity index (χ1n) is 2.72. The maximum Gasteiger partial charge on any atom is 0.329 e. The maximum atomic E-state index is 10.5. The standard InChI is InChI=1S/C5H5BrN4O/c6-10(5(7)11)4-1-8-3-9-2-4/h1-3H,(H2,7,11). The molecule has 0 bridgehead atoms. The zero-order valence-corrected chi connectivity index (χ0v) is 7.02. The molecule has 2 amide bonds. The van der Waals surface area contributed by atoms with Crippen LogP contribution in [0.5, 0.6) is 0 Å². The fraction of sp³-hybridized carbons (Fsp3) is 0. The van der Waals surface area contributed by atoms with Gasteiger partial charge in [0.05, 0.1) is 34.2 Å². The number of halogens is 1. The van der Waals surface area contributed by atoms with Gasteiger partial charge in [0.1, 0.15) is 6.33 Å². The summed E-state index contributed by atoms with van der Waals surface area (Å²) in [5.74, 6) is 0. The molecule has 0 fully saturated rings. The van der Waals surface area contributed by atoms with Gasteiger partial charge < -0.3 is 5.73 Å². The van der Waals surface area contributed by atoms with Crippen LogP contribution >= 0.6 is 16.1 Å². The molecule has 0 saturated carbocycles. The first-order valence-corrected chi connectivity index (χ1v) is 3.43. The van der Waals surface area contributed by atoms with Crippen molar-refractivity contribution in [1.29, 1.82) is 0 Å². The number of hydrogen-bond acceptors (Lipinski definition) is 3. The summed E-state index contributed by atoms with van der Waals surface area (Å²) in [5.41, 5.74) is 5.45. The van der Waals surface area contributed by atoms with Gasteiger partial charge in [-0.25, -0.2) is 18.7 Å². The van der Waals surface area contributed by atoms with E-state index in [4.69, 9.17) is 5.73 Å². The molecule has 0 aromatic carbocycles. The highest BCUT2D eigenvalue weighted by atomic mass is 79.9. The fourth-order valence-corrected chi connectivity index (χ4v) is 0.703. The lowest BCUT2D eigenvalue weighted by Crippen LogP contribution is -2.26. The van der Waals surface area contributed by atoms with Gasteiger partial charge in [0.25, 0.3) is 0 Å². The Morgan fingerprint density at radius 2 is 2.09 bits per heavy atom. The van der Waals surface area contributed by atoms with Gasteiger partial charge in [-0.05, 0) is 0 Å². The number of rotatable bonds is 1. The lowest BCUT2D eigenvalue weighted by Gasteiger charge is -2.08. The molecule has 0 spiro atoms. The van der Waals surface area contributed by atoms with E-state index < -0.39 is 6.03 Å². The molecule has 0 saturated heterocycles. The largest absolute Gasteiger partial charge is 0.350 e. The Morgan fingerprint density at radius 1 is 1.55 bits per heavy atom. The first-order chi connectivity index (χ1) is 5.22. The number of nitrogens with zero attached hydrogens (tertiary/aromatic N) is 3. The number of amides is 2. The van der Waals surface area contributed by atoms with Crippen molar-refractivity contribution >= 4 is 27.9 Å². The minimum Gasteiger partial charge on any atom is -0.350 e. The van der Waals surface area contributed by atoms with Gasteiger partial charge in [-0.3, -0.25) is 0 Å². The van der Waals surface area contributed by atoms with E-state index in [2.05, 4.69) is 26.1 Å². The normalized spacial score (nSPS) is 9.18. The Labute approximate surface area is 71.6 Å². The number of primary amides is 1. The highest BCUT2D eigenvalue weighted by Gasteiger charge is 2.07. The van der Waals surface area contributed by atoms with Gasteiger partial charge in [-0.1, -0.05) is 0 Å². The second kappa shape index (κ2) is 3.29. The highest BCUT2D eigenvalue weighted by molar-refractivity contribution is 9.10. The van der Waals surface area contributed by atoms with Crippen LogP contribution in [0.2, 0.25) is 0 Å². The summed E-state index contributed by atoms with van der Waals surface area (Å²) >= 11 is 2.93. The van der Waals surface area contributed by atoms with Crippen LogP contribution in [0.4, 0.5) is 10.5 Å². The minimum atomic E-state index is -0.611. The average molecular weight is 217 g/mol. The molecule has 58 valence electrons. The van der Waals surface area contributed by atoms with Crippen LogP contribution < -0.4 is 9.66 Å². The molecular formula is C5H5BrN4O. The SMILES string of the molecule is NC(=O)N(Br)c1cncnc1. The zero-order valence-electron chi connectivity index (χ0n) is 5.44. The van der Waals surface area contributed by atoms with E-state index in [9.17, 15) is 4.79 Å². The van der Waals surface area contributed by atoms with Crippen molar-refractivity contribution < 1.29 is 4.79 Å². The summed E-state index contributed by atoms with van der Waals surface area (Å²) in [5, 5.41) is 0. The molecule has 0 atom stereocenters. The lowest BCUT2D eigenvalue weighted by atomic mass is 10.5. The van der Waals surface area contributed by atoms with Crippen molar-refractivity contribution in [1.82, 2.24) is 9.97 Å². The summed E-state index contributed by atoms with van der Waals surface area (Å²) in [7, 11) is 0. The van der Waals surface area contributed by atoms with E-state index >= 15 is 0 Å². The summed E-state index contributed by atoms with van der Waals surface area (Å²) in [6, 6.07) is -0.611.